The molecule has 2 heterocycles. The Morgan fingerprint density at radius 2 is 1.79 bits per heavy atom. The van der Waals surface area contributed by atoms with E-state index < -0.39 is 24.4 Å². The predicted molar refractivity (Wildman–Crippen MR) is 91.3 cm³/mol. The molecule has 24 heavy (non-hydrogen) atoms. The molecule has 8 heteroatoms. The molecule has 1 aromatic heterocycles. The Hall–Kier alpha value is -2.32. The van der Waals surface area contributed by atoms with Gasteiger partial charge in [0, 0.05) is 11.8 Å². The molecule has 1 aliphatic rings. The highest BCUT2D eigenvalue weighted by Crippen LogP contribution is 2.36. The second-order valence-electron chi connectivity index (χ2n) is 6.68. The molecule has 0 atom stereocenters. The number of nitrogens with zero attached hydrogens (tertiary/aromatic N) is 1. The van der Waals surface area contributed by atoms with Crippen LogP contribution in [0.15, 0.2) is 41.1 Å². The number of carbonyl (C=O) groups is 1. The third kappa shape index (κ3) is 3.29. The highest BCUT2D eigenvalue weighted by Gasteiger charge is 2.51. The first-order chi connectivity index (χ1) is 11.3. The summed E-state index contributed by atoms with van der Waals surface area (Å²) in [7, 11) is -0.477. The van der Waals surface area contributed by atoms with Crippen LogP contribution in [0.25, 0.3) is 0 Å². The molecule has 0 saturated carbocycles. The number of hydrogen-bond acceptors (Lipinski definition) is 5. The van der Waals surface area contributed by atoms with Crippen molar-refractivity contribution in [1.82, 2.24) is 5.16 Å². The number of rotatable bonds is 3. The normalized spacial score (nSPS) is 18.4. The molecule has 2 amide bonds. The van der Waals surface area contributed by atoms with Gasteiger partial charge >= 0.3 is 13.1 Å². The minimum Gasteiger partial charge on any atom is -0.399 e. The summed E-state index contributed by atoms with van der Waals surface area (Å²) in [5.41, 5.74) is 0.646. The number of carbonyl (C=O) groups excluding carboxylic acids is 1. The fourth-order valence-electron chi connectivity index (χ4n) is 2.30. The number of aromatic nitrogens is 1. The van der Waals surface area contributed by atoms with Crippen LogP contribution in [0.5, 0.6) is 0 Å². The number of hydrogen-bond donors (Lipinski definition) is 2. The Kier molecular flexibility index (Phi) is 4.10. The van der Waals surface area contributed by atoms with Gasteiger partial charge in [-0.3, -0.25) is 5.32 Å². The van der Waals surface area contributed by atoms with Crippen LogP contribution in [0.2, 0.25) is 0 Å². The van der Waals surface area contributed by atoms with Crippen LogP contribution in [0.3, 0.4) is 0 Å². The molecule has 0 radical (unpaired) electrons. The molecule has 0 aliphatic carbocycles. The van der Waals surface area contributed by atoms with E-state index in [1.807, 2.05) is 45.9 Å². The van der Waals surface area contributed by atoms with E-state index >= 15 is 0 Å². The zero-order chi connectivity index (χ0) is 17.4. The van der Waals surface area contributed by atoms with E-state index in [9.17, 15) is 4.79 Å². The minimum atomic E-state index is -0.477. The van der Waals surface area contributed by atoms with E-state index in [2.05, 4.69) is 20.3 Å². The minimum absolute atomic E-state index is 0.342. The summed E-state index contributed by atoms with van der Waals surface area (Å²) in [5.74, 6) is 0.342. The van der Waals surface area contributed by atoms with E-state index in [-0.39, 0.29) is 0 Å². The van der Waals surface area contributed by atoms with Crippen molar-refractivity contribution in [2.24, 2.45) is 0 Å². The van der Waals surface area contributed by atoms with Gasteiger partial charge in [-0.25, -0.2) is 4.79 Å². The molecule has 2 aromatic rings. The standard InChI is InChI=1S/C16H20BN3O4/c1-15(2)16(3,4)24-17(23-15)11-6-5-7-12(10-11)18-14(21)19-13-8-9-22-20-13/h5-10H,1-4H3,(H2,18,19,20,21). The van der Waals surface area contributed by atoms with Gasteiger partial charge in [-0.1, -0.05) is 17.3 Å². The molecule has 1 saturated heterocycles. The molecular formula is C16H20BN3O4. The Balaban J connectivity index is 1.70. The van der Waals surface area contributed by atoms with Crippen molar-refractivity contribution in [2.45, 2.75) is 38.9 Å². The van der Waals surface area contributed by atoms with E-state index in [0.717, 1.165) is 5.46 Å². The van der Waals surface area contributed by atoms with Crippen LogP contribution < -0.4 is 16.1 Å². The van der Waals surface area contributed by atoms with Crippen molar-refractivity contribution in [2.75, 3.05) is 10.6 Å². The van der Waals surface area contributed by atoms with Crippen LogP contribution in [-0.4, -0.2) is 29.5 Å². The summed E-state index contributed by atoms with van der Waals surface area (Å²) >= 11 is 0. The molecule has 1 aliphatic heterocycles. The number of urea groups is 1. The van der Waals surface area contributed by atoms with Gasteiger partial charge in [0.2, 0.25) is 0 Å². The van der Waals surface area contributed by atoms with Crippen molar-refractivity contribution in [1.29, 1.82) is 0 Å². The first kappa shape index (κ1) is 16.5. The average molecular weight is 329 g/mol. The van der Waals surface area contributed by atoms with E-state index in [1.165, 1.54) is 6.26 Å². The summed E-state index contributed by atoms with van der Waals surface area (Å²) in [5, 5.41) is 8.93. The number of amides is 2. The van der Waals surface area contributed by atoms with Gasteiger partial charge in [-0.2, -0.15) is 0 Å². The summed E-state index contributed by atoms with van der Waals surface area (Å²) in [4.78, 5) is 12.0. The van der Waals surface area contributed by atoms with Crippen LogP contribution in [-0.2, 0) is 9.31 Å². The number of anilines is 2. The lowest BCUT2D eigenvalue weighted by Crippen LogP contribution is -2.41. The third-order valence-corrected chi connectivity index (χ3v) is 4.35. The molecular weight excluding hydrogens is 309 g/mol. The monoisotopic (exact) mass is 329 g/mol. The van der Waals surface area contributed by atoms with Crippen LogP contribution in [0.1, 0.15) is 27.7 Å². The van der Waals surface area contributed by atoms with Crippen molar-refractivity contribution < 1.29 is 18.6 Å². The summed E-state index contributed by atoms with van der Waals surface area (Å²) in [6.07, 6.45) is 1.38. The van der Waals surface area contributed by atoms with E-state index in [1.54, 1.807) is 12.1 Å². The maximum absolute atomic E-state index is 12.0. The lowest BCUT2D eigenvalue weighted by molar-refractivity contribution is 0.00578. The average Bonchev–Trinajstić information content (AvgIpc) is 3.05. The van der Waals surface area contributed by atoms with Gasteiger partial charge in [0.1, 0.15) is 6.26 Å². The Bertz CT molecular complexity index is 715. The summed E-state index contributed by atoms with van der Waals surface area (Å²) in [6.45, 7) is 8.00. The zero-order valence-electron chi connectivity index (χ0n) is 14.1. The Labute approximate surface area is 140 Å². The molecule has 0 unspecified atom stereocenters. The lowest BCUT2D eigenvalue weighted by atomic mass is 9.79. The van der Waals surface area contributed by atoms with Crippen molar-refractivity contribution >= 4 is 30.1 Å². The largest absolute Gasteiger partial charge is 0.494 e. The van der Waals surface area contributed by atoms with Crippen LogP contribution in [0, 0.1) is 0 Å². The molecule has 7 nitrogen and oxygen atoms in total. The topological polar surface area (TPSA) is 85.6 Å². The predicted octanol–water partition coefficient (Wildman–Crippen LogP) is 2.62. The van der Waals surface area contributed by atoms with Gasteiger partial charge in [-0.05, 0) is 45.3 Å². The van der Waals surface area contributed by atoms with Gasteiger partial charge in [0.05, 0.1) is 11.2 Å². The van der Waals surface area contributed by atoms with Gasteiger partial charge in [0.25, 0.3) is 0 Å². The van der Waals surface area contributed by atoms with Crippen LogP contribution >= 0.6 is 0 Å². The smallest absolute Gasteiger partial charge is 0.399 e. The molecule has 2 N–H and O–H groups in total. The van der Waals surface area contributed by atoms with Crippen molar-refractivity contribution in [3.05, 3.63) is 36.6 Å². The van der Waals surface area contributed by atoms with Gasteiger partial charge in [0.15, 0.2) is 5.82 Å². The van der Waals surface area contributed by atoms with Gasteiger partial charge in [-0.15, -0.1) is 0 Å². The SMILES string of the molecule is CC1(C)OB(c2cccc(NC(=O)Nc3ccon3)c2)OC1(C)C. The fraction of sp³-hybridized carbons (Fsp3) is 0.375. The maximum atomic E-state index is 12.0. The molecule has 1 aromatic carbocycles. The summed E-state index contributed by atoms with van der Waals surface area (Å²) < 4.78 is 16.7. The molecule has 1 fully saturated rings. The Morgan fingerprint density at radius 1 is 1.08 bits per heavy atom. The van der Waals surface area contributed by atoms with Crippen LogP contribution in [0.4, 0.5) is 16.3 Å². The van der Waals surface area contributed by atoms with Gasteiger partial charge < -0.3 is 19.1 Å². The zero-order valence-corrected chi connectivity index (χ0v) is 14.1. The molecule has 0 spiro atoms. The second-order valence-corrected chi connectivity index (χ2v) is 6.68. The van der Waals surface area contributed by atoms with E-state index in [0.29, 0.717) is 11.5 Å². The van der Waals surface area contributed by atoms with Crippen molar-refractivity contribution in [3.63, 3.8) is 0 Å². The lowest BCUT2D eigenvalue weighted by Gasteiger charge is -2.32. The molecule has 0 bridgehead atoms. The summed E-state index contributed by atoms with van der Waals surface area (Å²) in [6, 6.07) is 8.51. The first-order valence-electron chi connectivity index (χ1n) is 7.71. The quantitative estimate of drug-likeness (QED) is 0.846. The number of nitrogens with one attached hydrogen (secondary N) is 2. The molecule has 126 valence electrons. The second kappa shape index (κ2) is 5.96. The Morgan fingerprint density at radius 3 is 2.42 bits per heavy atom. The van der Waals surface area contributed by atoms with Crippen molar-refractivity contribution in [3.8, 4) is 0 Å². The third-order valence-electron chi connectivity index (χ3n) is 4.35. The highest BCUT2D eigenvalue weighted by atomic mass is 16.7. The van der Waals surface area contributed by atoms with E-state index in [4.69, 9.17) is 9.31 Å². The number of benzene rings is 1. The first-order valence-corrected chi connectivity index (χ1v) is 7.71. The molecule has 3 rings (SSSR count). The maximum Gasteiger partial charge on any atom is 0.494 e. The fourth-order valence-corrected chi connectivity index (χ4v) is 2.30. The highest BCUT2D eigenvalue weighted by molar-refractivity contribution is 6.62.